The zero-order valence-corrected chi connectivity index (χ0v) is 11.9. The first-order chi connectivity index (χ1) is 8.33. The van der Waals surface area contributed by atoms with Crippen LogP contribution in [-0.2, 0) is 4.74 Å². The molecule has 0 saturated heterocycles. The molecular weight excluding hydrogens is 232 g/mol. The maximum absolute atomic E-state index is 11.3. The van der Waals surface area contributed by atoms with Crippen molar-refractivity contribution >= 4 is 17.1 Å². The predicted octanol–water partition coefficient (Wildman–Crippen LogP) is 5.16. The van der Waals surface area contributed by atoms with Crippen LogP contribution in [0.1, 0.15) is 70.6 Å². The summed E-state index contributed by atoms with van der Waals surface area (Å²) in [6, 6.07) is 0. The van der Waals surface area contributed by atoms with Crippen molar-refractivity contribution in [2.75, 3.05) is 7.11 Å². The zero-order chi connectivity index (χ0) is 12.3. The molecule has 1 saturated carbocycles. The van der Waals surface area contributed by atoms with Crippen molar-refractivity contribution in [3.05, 3.63) is 0 Å². The summed E-state index contributed by atoms with van der Waals surface area (Å²) in [5, 5.41) is 0.379. The summed E-state index contributed by atoms with van der Waals surface area (Å²) in [7, 11) is 1.48. The van der Waals surface area contributed by atoms with Crippen molar-refractivity contribution in [2.45, 2.75) is 75.9 Å². The number of rotatable bonds is 1. The number of carbonyl (C=O) groups is 1. The molecule has 3 heteroatoms. The Morgan fingerprint density at radius 2 is 1.29 bits per heavy atom. The smallest absolute Gasteiger partial charge is 0.367 e. The SMILES string of the molecule is COC(=O)SC1CCCCCCCCCCC1. The summed E-state index contributed by atoms with van der Waals surface area (Å²) in [5.74, 6) is 0. The van der Waals surface area contributed by atoms with Crippen LogP contribution in [0.2, 0.25) is 0 Å². The lowest BCUT2D eigenvalue weighted by Crippen LogP contribution is -2.08. The van der Waals surface area contributed by atoms with Gasteiger partial charge in [-0.2, -0.15) is 0 Å². The highest BCUT2D eigenvalue weighted by atomic mass is 32.2. The second-order valence-corrected chi connectivity index (χ2v) is 6.19. The first kappa shape index (κ1) is 14.9. The molecule has 2 nitrogen and oxygen atoms in total. The van der Waals surface area contributed by atoms with Gasteiger partial charge < -0.3 is 4.74 Å². The summed E-state index contributed by atoms with van der Waals surface area (Å²) < 4.78 is 4.75. The lowest BCUT2D eigenvalue weighted by Gasteiger charge is -2.15. The summed E-state index contributed by atoms with van der Waals surface area (Å²) in [6.45, 7) is 0. The summed E-state index contributed by atoms with van der Waals surface area (Å²) >= 11 is 1.41. The number of methoxy groups -OCH3 is 1. The van der Waals surface area contributed by atoms with E-state index in [-0.39, 0.29) is 5.30 Å². The predicted molar refractivity (Wildman–Crippen MR) is 74.6 cm³/mol. The van der Waals surface area contributed by atoms with Crippen LogP contribution in [0.3, 0.4) is 0 Å². The summed E-state index contributed by atoms with van der Waals surface area (Å²) in [5.41, 5.74) is 0. The van der Waals surface area contributed by atoms with Crippen LogP contribution in [0, 0.1) is 0 Å². The van der Waals surface area contributed by atoms with E-state index in [1.54, 1.807) is 0 Å². The Morgan fingerprint density at radius 1 is 0.882 bits per heavy atom. The maximum Gasteiger partial charge on any atom is 0.367 e. The Hall–Kier alpha value is -0.180. The molecule has 0 atom stereocenters. The molecule has 1 fully saturated rings. The molecule has 0 aromatic heterocycles. The van der Waals surface area contributed by atoms with Crippen LogP contribution in [-0.4, -0.2) is 17.7 Å². The van der Waals surface area contributed by atoms with E-state index >= 15 is 0 Å². The van der Waals surface area contributed by atoms with Crippen molar-refractivity contribution in [2.24, 2.45) is 0 Å². The highest BCUT2D eigenvalue weighted by Gasteiger charge is 2.14. The molecule has 1 aliphatic rings. The van der Waals surface area contributed by atoms with Gasteiger partial charge in [0.1, 0.15) is 0 Å². The molecule has 0 aliphatic heterocycles. The van der Waals surface area contributed by atoms with Gasteiger partial charge in [-0.05, 0) is 24.6 Å². The van der Waals surface area contributed by atoms with Crippen LogP contribution in [0.4, 0.5) is 4.79 Å². The van der Waals surface area contributed by atoms with E-state index in [0.717, 1.165) is 0 Å². The highest BCUT2D eigenvalue weighted by molar-refractivity contribution is 8.13. The fourth-order valence-electron chi connectivity index (χ4n) is 2.43. The number of ether oxygens (including phenoxy) is 1. The van der Waals surface area contributed by atoms with Crippen LogP contribution in [0.5, 0.6) is 0 Å². The minimum Gasteiger partial charge on any atom is -0.461 e. The van der Waals surface area contributed by atoms with E-state index in [1.807, 2.05) is 0 Å². The first-order valence-electron chi connectivity index (χ1n) is 7.07. The van der Waals surface area contributed by atoms with Gasteiger partial charge in [0.05, 0.1) is 7.11 Å². The fourth-order valence-corrected chi connectivity index (χ4v) is 3.37. The molecule has 0 spiro atoms. The van der Waals surface area contributed by atoms with E-state index in [4.69, 9.17) is 4.74 Å². The Balaban J connectivity index is 2.29. The third-order valence-electron chi connectivity index (χ3n) is 3.48. The quantitative estimate of drug-likeness (QED) is 0.608. The van der Waals surface area contributed by atoms with Gasteiger partial charge in [-0.25, -0.2) is 4.79 Å². The van der Waals surface area contributed by atoms with Gasteiger partial charge in [-0.3, -0.25) is 0 Å². The number of hydrogen-bond donors (Lipinski definition) is 0. The third-order valence-corrected chi connectivity index (χ3v) is 4.65. The molecule has 0 bridgehead atoms. The fraction of sp³-hybridized carbons (Fsp3) is 0.929. The van der Waals surface area contributed by atoms with E-state index in [9.17, 15) is 4.79 Å². The number of carbonyl (C=O) groups excluding carboxylic acids is 1. The van der Waals surface area contributed by atoms with Crippen molar-refractivity contribution in [3.63, 3.8) is 0 Å². The van der Waals surface area contributed by atoms with Gasteiger partial charge in [-0.1, -0.05) is 57.8 Å². The van der Waals surface area contributed by atoms with E-state index < -0.39 is 0 Å². The lowest BCUT2D eigenvalue weighted by atomic mass is 10.0. The maximum atomic E-state index is 11.3. The minimum atomic E-state index is -0.109. The van der Waals surface area contributed by atoms with Crippen LogP contribution in [0.15, 0.2) is 0 Å². The monoisotopic (exact) mass is 258 g/mol. The molecule has 0 amide bonds. The molecule has 0 unspecified atom stereocenters. The van der Waals surface area contributed by atoms with Gasteiger partial charge in [0, 0.05) is 5.25 Å². The second-order valence-electron chi connectivity index (χ2n) is 4.95. The Morgan fingerprint density at radius 3 is 1.71 bits per heavy atom. The van der Waals surface area contributed by atoms with Crippen molar-refractivity contribution in [1.29, 1.82) is 0 Å². The topological polar surface area (TPSA) is 26.3 Å². The average Bonchev–Trinajstić information content (AvgIpc) is 2.32. The Bertz CT molecular complexity index is 194. The largest absolute Gasteiger partial charge is 0.461 e. The van der Waals surface area contributed by atoms with Crippen LogP contribution in [0.25, 0.3) is 0 Å². The molecule has 0 heterocycles. The van der Waals surface area contributed by atoms with E-state index in [2.05, 4.69) is 0 Å². The third kappa shape index (κ3) is 7.69. The summed E-state index contributed by atoms with van der Waals surface area (Å²) in [4.78, 5) is 11.3. The van der Waals surface area contributed by atoms with Crippen molar-refractivity contribution in [1.82, 2.24) is 0 Å². The molecule has 0 radical (unpaired) electrons. The van der Waals surface area contributed by atoms with E-state index in [1.165, 1.54) is 89.5 Å². The second kappa shape index (κ2) is 9.81. The standard InChI is InChI=1S/C14H26O2S/c1-16-14(15)17-13-11-9-7-5-3-2-4-6-8-10-12-13/h13H,2-12H2,1H3. The van der Waals surface area contributed by atoms with Gasteiger partial charge in [0.2, 0.25) is 0 Å². The van der Waals surface area contributed by atoms with Gasteiger partial charge in [0.25, 0.3) is 0 Å². The van der Waals surface area contributed by atoms with Crippen LogP contribution < -0.4 is 0 Å². The average molecular weight is 258 g/mol. The Kier molecular flexibility index (Phi) is 8.59. The van der Waals surface area contributed by atoms with Crippen LogP contribution >= 0.6 is 11.8 Å². The molecule has 17 heavy (non-hydrogen) atoms. The zero-order valence-electron chi connectivity index (χ0n) is 11.1. The van der Waals surface area contributed by atoms with E-state index in [0.29, 0.717) is 5.25 Å². The molecule has 1 aliphatic carbocycles. The van der Waals surface area contributed by atoms with Gasteiger partial charge in [0.15, 0.2) is 0 Å². The molecule has 0 N–H and O–H groups in total. The molecule has 1 rings (SSSR count). The molecule has 0 aromatic carbocycles. The van der Waals surface area contributed by atoms with Crippen molar-refractivity contribution in [3.8, 4) is 0 Å². The lowest BCUT2D eigenvalue weighted by molar-refractivity contribution is 0.200. The number of hydrogen-bond acceptors (Lipinski definition) is 3. The minimum absolute atomic E-state index is 0.109. The van der Waals surface area contributed by atoms with Gasteiger partial charge in [-0.15, -0.1) is 0 Å². The van der Waals surface area contributed by atoms with Gasteiger partial charge >= 0.3 is 5.30 Å². The normalized spacial score (nSPS) is 21.2. The van der Waals surface area contributed by atoms with Crippen molar-refractivity contribution < 1.29 is 9.53 Å². The Labute approximate surface area is 110 Å². The molecule has 100 valence electrons. The number of thioether (sulfide) groups is 1. The first-order valence-corrected chi connectivity index (χ1v) is 7.95. The molecule has 0 aromatic rings. The highest BCUT2D eigenvalue weighted by Crippen LogP contribution is 2.26. The summed E-state index contributed by atoms with van der Waals surface area (Å²) in [6.07, 6.45) is 14.5. The molecular formula is C14H26O2S.